The van der Waals surface area contributed by atoms with Crippen LogP contribution in [0.15, 0.2) is 47.5 Å². The summed E-state index contributed by atoms with van der Waals surface area (Å²) in [6.45, 7) is 2.22. The molecular formula is C27H32F3N5O9S. The van der Waals surface area contributed by atoms with E-state index in [1.807, 2.05) is 0 Å². The SMILES string of the molecule is CC(C)(O)C(=O)NC[C@H]1CN(S(=O)(=O)c2c(OCCO)nn3ccccc23)c2cc(N(C(=O)O)C(C)(C)C(F)(F)F)ccc2O1. The summed E-state index contributed by atoms with van der Waals surface area (Å²) in [6.07, 6.45) is -6.58. The van der Waals surface area contributed by atoms with E-state index in [2.05, 4.69) is 10.4 Å². The topological polar surface area (TPSA) is 183 Å². The van der Waals surface area contributed by atoms with Gasteiger partial charge < -0.3 is 30.1 Å². The van der Waals surface area contributed by atoms with Crippen molar-refractivity contribution in [1.82, 2.24) is 14.9 Å². The molecule has 45 heavy (non-hydrogen) atoms. The van der Waals surface area contributed by atoms with Crippen molar-refractivity contribution >= 4 is 38.9 Å². The first-order chi connectivity index (χ1) is 20.8. The summed E-state index contributed by atoms with van der Waals surface area (Å²) < 4.78 is 84.2. The number of carboxylic acid groups (broad SMARTS) is 1. The van der Waals surface area contributed by atoms with Crippen LogP contribution in [-0.2, 0) is 14.8 Å². The van der Waals surface area contributed by atoms with Gasteiger partial charge in [0, 0.05) is 6.20 Å². The van der Waals surface area contributed by atoms with Gasteiger partial charge in [-0.15, -0.1) is 5.10 Å². The number of aromatic nitrogens is 2. The van der Waals surface area contributed by atoms with E-state index in [9.17, 15) is 46.5 Å². The second-order valence-corrected chi connectivity index (χ2v) is 12.9. The van der Waals surface area contributed by atoms with E-state index in [0.717, 1.165) is 22.5 Å². The van der Waals surface area contributed by atoms with Gasteiger partial charge in [0.15, 0.2) is 4.90 Å². The monoisotopic (exact) mass is 659 g/mol. The number of carbonyl (C=O) groups is 2. The van der Waals surface area contributed by atoms with Gasteiger partial charge in [0.05, 0.1) is 36.6 Å². The number of rotatable bonds is 10. The maximum absolute atomic E-state index is 14.5. The number of fused-ring (bicyclic) bond motifs is 2. The summed E-state index contributed by atoms with van der Waals surface area (Å²) in [5, 5.41) is 35.7. The summed E-state index contributed by atoms with van der Waals surface area (Å²) in [4.78, 5) is 24.1. The Bertz CT molecular complexity index is 1700. The minimum absolute atomic E-state index is 0.0619. The normalized spacial score (nSPS) is 15.8. The highest BCUT2D eigenvalue weighted by atomic mass is 32.2. The van der Waals surface area contributed by atoms with E-state index in [-0.39, 0.29) is 40.9 Å². The van der Waals surface area contributed by atoms with Gasteiger partial charge in [-0.3, -0.25) is 14.0 Å². The molecule has 4 rings (SSSR count). The first kappa shape index (κ1) is 33.6. The van der Waals surface area contributed by atoms with Crippen molar-refractivity contribution in [3.8, 4) is 11.6 Å². The molecule has 1 aliphatic rings. The second-order valence-electron chi connectivity index (χ2n) is 11.1. The van der Waals surface area contributed by atoms with Crippen molar-refractivity contribution in [2.24, 2.45) is 0 Å². The van der Waals surface area contributed by atoms with Crippen molar-refractivity contribution in [2.45, 2.75) is 56.0 Å². The lowest BCUT2D eigenvalue weighted by atomic mass is 10.0. The number of halogens is 3. The van der Waals surface area contributed by atoms with Gasteiger partial charge >= 0.3 is 12.3 Å². The van der Waals surface area contributed by atoms with E-state index in [1.54, 1.807) is 6.07 Å². The molecule has 2 aromatic heterocycles. The fourth-order valence-corrected chi connectivity index (χ4v) is 6.27. The summed E-state index contributed by atoms with van der Waals surface area (Å²) in [5.74, 6) is -1.31. The van der Waals surface area contributed by atoms with Crippen LogP contribution in [0.1, 0.15) is 27.7 Å². The molecular weight excluding hydrogens is 627 g/mol. The number of aliphatic hydroxyl groups is 2. The van der Waals surface area contributed by atoms with Crippen LogP contribution in [0.3, 0.4) is 0 Å². The zero-order valence-electron chi connectivity index (χ0n) is 24.6. The second kappa shape index (κ2) is 11.9. The van der Waals surface area contributed by atoms with Crippen LogP contribution >= 0.6 is 0 Å². The van der Waals surface area contributed by atoms with E-state index < -0.39 is 69.2 Å². The first-order valence-corrected chi connectivity index (χ1v) is 14.9. The minimum Gasteiger partial charge on any atom is -0.484 e. The Morgan fingerprint density at radius 2 is 1.87 bits per heavy atom. The number of pyridine rings is 1. The van der Waals surface area contributed by atoms with Gasteiger partial charge in [-0.05, 0) is 58.0 Å². The zero-order chi connectivity index (χ0) is 33.5. The number of nitrogens with zero attached hydrogens (tertiary/aromatic N) is 4. The molecule has 4 N–H and O–H groups in total. The van der Waals surface area contributed by atoms with Crippen molar-refractivity contribution in [1.29, 1.82) is 0 Å². The predicted molar refractivity (Wildman–Crippen MR) is 153 cm³/mol. The molecule has 0 aliphatic carbocycles. The molecule has 3 aromatic rings. The third kappa shape index (κ3) is 6.43. The van der Waals surface area contributed by atoms with Crippen LogP contribution in [0.4, 0.5) is 29.3 Å². The molecule has 246 valence electrons. The van der Waals surface area contributed by atoms with E-state index >= 15 is 0 Å². The number of anilines is 2. The van der Waals surface area contributed by atoms with Crippen LogP contribution in [-0.4, -0.2) is 95.1 Å². The van der Waals surface area contributed by atoms with Gasteiger partial charge in [0.25, 0.3) is 21.8 Å². The quantitative estimate of drug-likeness (QED) is 0.252. The highest BCUT2D eigenvalue weighted by molar-refractivity contribution is 7.93. The summed E-state index contributed by atoms with van der Waals surface area (Å²) in [6, 6.07) is 7.65. The number of nitrogens with one attached hydrogen (secondary N) is 1. The number of carbonyl (C=O) groups excluding carboxylic acids is 1. The van der Waals surface area contributed by atoms with E-state index in [4.69, 9.17) is 9.47 Å². The third-order valence-corrected chi connectivity index (χ3v) is 8.79. The van der Waals surface area contributed by atoms with Crippen LogP contribution in [0.2, 0.25) is 0 Å². The lowest BCUT2D eigenvalue weighted by Gasteiger charge is -2.39. The summed E-state index contributed by atoms with van der Waals surface area (Å²) >= 11 is 0. The Balaban J connectivity index is 1.89. The lowest BCUT2D eigenvalue weighted by molar-refractivity contribution is -0.175. The molecule has 1 atom stereocenters. The molecule has 18 heteroatoms. The van der Waals surface area contributed by atoms with Crippen molar-refractivity contribution in [3.05, 3.63) is 42.6 Å². The minimum atomic E-state index is -5.01. The Morgan fingerprint density at radius 1 is 1.18 bits per heavy atom. The lowest BCUT2D eigenvalue weighted by Crippen LogP contribution is -2.57. The Morgan fingerprint density at radius 3 is 2.47 bits per heavy atom. The maximum Gasteiger partial charge on any atom is 0.412 e. The van der Waals surface area contributed by atoms with Crippen LogP contribution in [0.5, 0.6) is 11.6 Å². The average molecular weight is 660 g/mol. The van der Waals surface area contributed by atoms with Crippen molar-refractivity contribution in [3.63, 3.8) is 0 Å². The standard InChI is InChI=1S/C27H32F3N5O9S/c1-25(2,40)23(37)31-14-17-15-34(45(41,42)21-18-7-5-6-10-33(18)32-22(21)43-12-11-36)19-13-16(8-9-20(19)44-17)35(24(38)39)26(3,4)27(28,29)30/h5-10,13,17,36,40H,11-12,14-15H2,1-4H3,(H,31,37)(H,38,39)/t17-/m0/s1. The largest absolute Gasteiger partial charge is 0.484 e. The predicted octanol–water partition coefficient (Wildman–Crippen LogP) is 2.37. The van der Waals surface area contributed by atoms with Gasteiger partial charge in [0.1, 0.15) is 29.6 Å². The molecule has 0 saturated heterocycles. The number of benzene rings is 1. The molecule has 0 saturated carbocycles. The molecule has 0 unspecified atom stereocenters. The molecule has 1 aromatic carbocycles. The maximum atomic E-state index is 14.5. The first-order valence-electron chi connectivity index (χ1n) is 13.5. The Kier molecular flexibility index (Phi) is 8.89. The van der Waals surface area contributed by atoms with Gasteiger partial charge in [-0.2, -0.15) is 13.2 Å². The van der Waals surface area contributed by atoms with Crippen molar-refractivity contribution in [2.75, 3.05) is 35.5 Å². The highest BCUT2D eigenvalue weighted by Gasteiger charge is 2.54. The molecule has 1 aliphatic heterocycles. The third-order valence-electron chi connectivity index (χ3n) is 6.97. The number of alkyl halides is 3. The van der Waals surface area contributed by atoms with Gasteiger partial charge in [-0.1, -0.05) is 6.07 Å². The Labute approximate surface area is 255 Å². The number of hydrogen-bond acceptors (Lipinski definition) is 9. The van der Waals surface area contributed by atoms with E-state index in [1.165, 1.54) is 36.7 Å². The highest BCUT2D eigenvalue weighted by Crippen LogP contribution is 2.44. The number of hydrogen-bond donors (Lipinski definition) is 4. The summed E-state index contributed by atoms with van der Waals surface area (Å²) in [7, 11) is -4.73. The Hall–Kier alpha value is -4.29. The molecule has 0 fully saturated rings. The molecule has 0 spiro atoms. The fourth-order valence-electron chi connectivity index (χ4n) is 4.54. The molecule has 3 heterocycles. The molecule has 0 bridgehead atoms. The van der Waals surface area contributed by atoms with Crippen LogP contribution in [0, 0.1) is 0 Å². The van der Waals surface area contributed by atoms with Gasteiger partial charge in [-0.25, -0.2) is 17.7 Å². The summed E-state index contributed by atoms with van der Waals surface area (Å²) in [5.41, 5.74) is -5.44. The zero-order valence-corrected chi connectivity index (χ0v) is 25.4. The van der Waals surface area contributed by atoms with Crippen LogP contribution < -0.4 is 24.0 Å². The average Bonchev–Trinajstić information content (AvgIpc) is 3.32. The number of sulfonamides is 1. The fraction of sp³-hybridized carbons (Fsp3) is 0.444. The number of amides is 2. The number of aliphatic hydroxyl groups excluding tert-OH is 1. The molecule has 0 radical (unpaired) electrons. The van der Waals surface area contributed by atoms with E-state index in [0.29, 0.717) is 13.8 Å². The van der Waals surface area contributed by atoms with Crippen molar-refractivity contribution < 1.29 is 56.0 Å². The smallest absolute Gasteiger partial charge is 0.412 e. The van der Waals surface area contributed by atoms with Gasteiger partial charge in [0.2, 0.25) is 0 Å². The number of ether oxygens (including phenoxy) is 2. The van der Waals surface area contributed by atoms with Crippen LogP contribution in [0.25, 0.3) is 5.52 Å². The molecule has 14 nitrogen and oxygen atoms in total. The molecule has 2 amide bonds.